The molecular formula is C18H24N2. The van der Waals surface area contributed by atoms with E-state index in [1.165, 1.54) is 27.9 Å². The Morgan fingerprint density at radius 1 is 0.950 bits per heavy atom. The molecule has 0 saturated carbocycles. The molecule has 0 aromatic heterocycles. The third kappa shape index (κ3) is 2.86. The van der Waals surface area contributed by atoms with Gasteiger partial charge in [-0.3, -0.25) is 0 Å². The maximum Gasteiger partial charge on any atom is 0.0661 e. The van der Waals surface area contributed by atoms with E-state index in [0.29, 0.717) is 6.54 Å². The molecule has 0 radical (unpaired) electrons. The Morgan fingerprint density at radius 3 is 2.25 bits per heavy atom. The average Bonchev–Trinajstić information content (AvgIpc) is 2.44. The molecule has 0 aliphatic heterocycles. The van der Waals surface area contributed by atoms with Gasteiger partial charge in [-0.2, -0.15) is 0 Å². The third-order valence-electron chi connectivity index (χ3n) is 4.10. The summed E-state index contributed by atoms with van der Waals surface area (Å²) >= 11 is 0. The molecule has 0 fully saturated rings. The number of rotatable bonds is 4. The molecule has 2 heteroatoms. The first-order valence-corrected chi connectivity index (χ1v) is 7.10. The molecule has 0 saturated heterocycles. The normalized spacial score (nSPS) is 12.2. The molecule has 2 aromatic carbocycles. The second-order valence-corrected chi connectivity index (χ2v) is 5.49. The van der Waals surface area contributed by atoms with Crippen molar-refractivity contribution in [3.63, 3.8) is 0 Å². The van der Waals surface area contributed by atoms with Crippen molar-refractivity contribution >= 4 is 5.69 Å². The second-order valence-electron chi connectivity index (χ2n) is 5.49. The highest BCUT2D eigenvalue weighted by Crippen LogP contribution is 2.28. The fourth-order valence-electron chi connectivity index (χ4n) is 2.62. The van der Waals surface area contributed by atoms with Crippen LogP contribution in [0.3, 0.4) is 0 Å². The zero-order valence-corrected chi connectivity index (χ0v) is 12.9. The van der Waals surface area contributed by atoms with Crippen LogP contribution in [-0.4, -0.2) is 13.6 Å². The SMILES string of the molecule is Cc1ccc(C(CN)N(C)c2ccccc2C)cc1C. The zero-order chi connectivity index (χ0) is 14.7. The summed E-state index contributed by atoms with van der Waals surface area (Å²) in [6, 6.07) is 15.3. The standard InChI is InChI=1S/C18H24N2/c1-13-9-10-16(11-15(13)3)18(12-19)20(4)17-8-6-5-7-14(17)2/h5-11,18H,12,19H2,1-4H3. The van der Waals surface area contributed by atoms with E-state index in [-0.39, 0.29) is 6.04 Å². The van der Waals surface area contributed by atoms with Crippen LogP contribution >= 0.6 is 0 Å². The highest BCUT2D eigenvalue weighted by molar-refractivity contribution is 5.54. The Bertz CT molecular complexity index is 590. The molecule has 0 amide bonds. The summed E-state index contributed by atoms with van der Waals surface area (Å²) in [6.07, 6.45) is 0. The maximum absolute atomic E-state index is 6.04. The van der Waals surface area contributed by atoms with Crippen molar-refractivity contribution in [1.29, 1.82) is 0 Å². The van der Waals surface area contributed by atoms with Crippen LogP contribution in [0.25, 0.3) is 0 Å². The predicted molar refractivity (Wildman–Crippen MR) is 87.3 cm³/mol. The van der Waals surface area contributed by atoms with Gasteiger partial charge in [0.1, 0.15) is 0 Å². The molecule has 2 rings (SSSR count). The van der Waals surface area contributed by atoms with Gasteiger partial charge in [-0.25, -0.2) is 0 Å². The number of benzene rings is 2. The van der Waals surface area contributed by atoms with Gasteiger partial charge in [-0.05, 0) is 49.1 Å². The lowest BCUT2D eigenvalue weighted by molar-refractivity contribution is 0.678. The van der Waals surface area contributed by atoms with E-state index < -0.39 is 0 Å². The fraction of sp³-hybridized carbons (Fsp3) is 0.333. The number of hydrogen-bond donors (Lipinski definition) is 1. The van der Waals surface area contributed by atoms with Crippen LogP contribution in [0.5, 0.6) is 0 Å². The van der Waals surface area contributed by atoms with Crippen LogP contribution in [0.15, 0.2) is 42.5 Å². The molecule has 0 bridgehead atoms. The number of nitrogens with two attached hydrogens (primary N) is 1. The number of hydrogen-bond acceptors (Lipinski definition) is 2. The first-order chi connectivity index (χ1) is 9.54. The number of aryl methyl sites for hydroxylation is 3. The lowest BCUT2D eigenvalue weighted by Gasteiger charge is -2.31. The minimum Gasteiger partial charge on any atom is -0.366 e. The molecule has 1 atom stereocenters. The minimum absolute atomic E-state index is 0.204. The van der Waals surface area contributed by atoms with Crippen molar-refractivity contribution in [2.45, 2.75) is 26.8 Å². The lowest BCUT2D eigenvalue weighted by Crippen LogP contribution is -2.31. The van der Waals surface area contributed by atoms with Crippen LogP contribution in [0, 0.1) is 20.8 Å². The monoisotopic (exact) mass is 268 g/mol. The van der Waals surface area contributed by atoms with Gasteiger partial charge in [0.05, 0.1) is 6.04 Å². The molecular weight excluding hydrogens is 244 g/mol. The Kier molecular flexibility index (Phi) is 4.46. The van der Waals surface area contributed by atoms with Crippen LogP contribution in [0.1, 0.15) is 28.3 Å². The summed E-state index contributed by atoms with van der Waals surface area (Å²) in [6.45, 7) is 7.04. The van der Waals surface area contributed by atoms with Gasteiger partial charge in [0.2, 0.25) is 0 Å². The third-order valence-corrected chi connectivity index (χ3v) is 4.10. The Labute approximate surface area is 122 Å². The van der Waals surface area contributed by atoms with Gasteiger partial charge >= 0.3 is 0 Å². The Balaban J connectivity index is 2.36. The Morgan fingerprint density at radius 2 is 1.65 bits per heavy atom. The maximum atomic E-state index is 6.04. The number of nitrogens with zero attached hydrogens (tertiary/aromatic N) is 1. The molecule has 20 heavy (non-hydrogen) atoms. The summed E-state index contributed by atoms with van der Waals surface area (Å²) in [7, 11) is 2.12. The highest BCUT2D eigenvalue weighted by atomic mass is 15.1. The highest BCUT2D eigenvalue weighted by Gasteiger charge is 2.17. The molecule has 0 aliphatic rings. The molecule has 1 unspecified atom stereocenters. The van der Waals surface area contributed by atoms with Crippen molar-refractivity contribution in [3.05, 3.63) is 64.7 Å². The van der Waals surface area contributed by atoms with Gasteiger partial charge in [0.25, 0.3) is 0 Å². The Hall–Kier alpha value is -1.80. The van der Waals surface area contributed by atoms with Crippen molar-refractivity contribution in [1.82, 2.24) is 0 Å². The molecule has 2 nitrogen and oxygen atoms in total. The quantitative estimate of drug-likeness (QED) is 0.915. The molecule has 2 aromatic rings. The minimum atomic E-state index is 0.204. The van der Waals surface area contributed by atoms with Crippen LogP contribution in [0.4, 0.5) is 5.69 Å². The van der Waals surface area contributed by atoms with Crippen molar-refractivity contribution < 1.29 is 0 Å². The summed E-state index contributed by atoms with van der Waals surface area (Å²) < 4.78 is 0. The van der Waals surface area contributed by atoms with Crippen molar-refractivity contribution in [2.75, 3.05) is 18.5 Å². The molecule has 106 valence electrons. The zero-order valence-electron chi connectivity index (χ0n) is 12.9. The molecule has 0 heterocycles. The first-order valence-electron chi connectivity index (χ1n) is 7.10. The number of anilines is 1. The smallest absolute Gasteiger partial charge is 0.0661 e. The van der Waals surface area contributed by atoms with E-state index in [1.54, 1.807) is 0 Å². The largest absolute Gasteiger partial charge is 0.366 e. The number of para-hydroxylation sites is 1. The van der Waals surface area contributed by atoms with Gasteiger partial charge in [0, 0.05) is 19.3 Å². The van der Waals surface area contributed by atoms with E-state index in [4.69, 9.17) is 5.73 Å². The predicted octanol–water partition coefficient (Wildman–Crippen LogP) is 3.75. The first kappa shape index (κ1) is 14.6. The van der Waals surface area contributed by atoms with Gasteiger partial charge < -0.3 is 10.6 Å². The topological polar surface area (TPSA) is 29.3 Å². The van der Waals surface area contributed by atoms with Crippen molar-refractivity contribution in [3.8, 4) is 0 Å². The summed E-state index contributed by atoms with van der Waals surface area (Å²) in [5.74, 6) is 0. The van der Waals surface area contributed by atoms with E-state index in [0.717, 1.165) is 0 Å². The van der Waals surface area contributed by atoms with Crippen LogP contribution < -0.4 is 10.6 Å². The van der Waals surface area contributed by atoms with E-state index >= 15 is 0 Å². The van der Waals surface area contributed by atoms with Crippen LogP contribution in [0.2, 0.25) is 0 Å². The second kappa shape index (κ2) is 6.10. The average molecular weight is 268 g/mol. The van der Waals surface area contributed by atoms with E-state index in [9.17, 15) is 0 Å². The summed E-state index contributed by atoms with van der Waals surface area (Å²) in [4.78, 5) is 2.28. The van der Waals surface area contributed by atoms with Gasteiger partial charge in [-0.15, -0.1) is 0 Å². The van der Waals surface area contributed by atoms with Crippen LogP contribution in [-0.2, 0) is 0 Å². The summed E-state index contributed by atoms with van der Waals surface area (Å²) in [5, 5.41) is 0. The molecule has 0 spiro atoms. The van der Waals surface area contributed by atoms with Crippen molar-refractivity contribution in [2.24, 2.45) is 5.73 Å². The summed E-state index contributed by atoms with van der Waals surface area (Å²) in [5.41, 5.74) is 12.5. The van der Waals surface area contributed by atoms with Gasteiger partial charge in [-0.1, -0.05) is 36.4 Å². The van der Waals surface area contributed by atoms with E-state index in [1.807, 2.05) is 0 Å². The fourth-order valence-corrected chi connectivity index (χ4v) is 2.62. The van der Waals surface area contributed by atoms with E-state index in [2.05, 4.69) is 75.2 Å². The molecule has 2 N–H and O–H groups in total. The molecule has 0 aliphatic carbocycles. The van der Waals surface area contributed by atoms with Gasteiger partial charge in [0.15, 0.2) is 0 Å². The number of likely N-dealkylation sites (N-methyl/N-ethyl adjacent to an activating group) is 1. The lowest BCUT2D eigenvalue weighted by atomic mass is 9.99.